The highest BCUT2D eigenvalue weighted by Crippen LogP contribution is 2.31. The normalized spacial score (nSPS) is 10.6. The zero-order valence-electron chi connectivity index (χ0n) is 10.9. The molecule has 4 nitrogen and oxygen atoms in total. The van der Waals surface area contributed by atoms with Gasteiger partial charge in [-0.3, -0.25) is 0 Å². The first-order valence-corrected chi connectivity index (χ1v) is 5.70. The van der Waals surface area contributed by atoms with Gasteiger partial charge in [0.25, 0.3) is 0 Å². The van der Waals surface area contributed by atoms with Gasteiger partial charge in [0.2, 0.25) is 0 Å². The molecule has 0 spiro atoms. The number of carboxylic acids is 1. The summed E-state index contributed by atoms with van der Waals surface area (Å²) in [7, 11) is 3.25. The Morgan fingerprint density at radius 1 is 1.33 bits per heavy atom. The van der Waals surface area contributed by atoms with Gasteiger partial charge in [-0.25, -0.2) is 4.79 Å². The number of benzene rings is 1. The maximum absolute atomic E-state index is 10.3. The van der Waals surface area contributed by atoms with Crippen LogP contribution in [0.3, 0.4) is 0 Å². The van der Waals surface area contributed by atoms with Gasteiger partial charge in [0.1, 0.15) is 11.5 Å². The van der Waals surface area contributed by atoms with E-state index in [0.29, 0.717) is 6.42 Å². The quantitative estimate of drug-likeness (QED) is 0.788. The molecule has 0 saturated carbocycles. The Bertz CT molecular complexity index is 449. The van der Waals surface area contributed by atoms with Crippen LogP contribution in [0.2, 0.25) is 0 Å². The number of hydrogen-bond acceptors (Lipinski definition) is 3. The van der Waals surface area contributed by atoms with E-state index >= 15 is 0 Å². The van der Waals surface area contributed by atoms with Gasteiger partial charge in [-0.2, -0.15) is 0 Å². The second-order valence-electron chi connectivity index (χ2n) is 3.86. The average molecular weight is 250 g/mol. The Balaban J connectivity index is 2.83. The Labute approximate surface area is 107 Å². The van der Waals surface area contributed by atoms with Crippen molar-refractivity contribution in [2.75, 3.05) is 14.2 Å². The summed E-state index contributed by atoms with van der Waals surface area (Å²) >= 11 is 0. The predicted molar refractivity (Wildman–Crippen MR) is 69.4 cm³/mol. The summed E-state index contributed by atoms with van der Waals surface area (Å²) in [6.07, 6.45) is 4.19. The molecule has 0 radical (unpaired) electrons. The third-order valence-electron chi connectivity index (χ3n) is 2.70. The average Bonchev–Trinajstić information content (AvgIpc) is 2.34. The van der Waals surface area contributed by atoms with E-state index in [1.54, 1.807) is 20.3 Å². The van der Waals surface area contributed by atoms with Crippen molar-refractivity contribution < 1.29 is 19.4 Å². The summed E-state index contributed by atoms with van der Waals surface area (Å²) in [6, 6.07) is 3.84. The number of carbonyl (C=O) groups is 1. The van der Waals surface area contributed by atoms with Crippen LogP contribution in [0.25, 0.3) is 0 Å². The molecule has 0 bridgehead atoms. The van der Waals surface area contributed by atoms with Crippen LogP contribution in [0, 0.1) is 6.92 Å². The summed E-state index contributed by atoms with van der Waals surface area (Å²) in [6.45, 7) is 1.94. The van der Waals surface area contributed by atoms with Gasteiger partial charge in [0.15, 0.2) is 0 Å². The van der Waals surface area contributed by atoms with E-state index in [9.17, 15) is 4.79 Å². The van der Waals surface area contributed by atoms with Crippen LogP contribution in [0.15, 0.2) is 24.3 Å². The molecule has 0 amide bonds. The van der Waals surface area contributed by atoms with E-state index in [1.807, 2.05) is 19.1 Å². The minimum absolute atomic E-state index is 0.661. The maximum atomic E-state index is 10.3. The van der Waals surface area contributed by atoms with E-state index in [0.717, 1.165) is 35.1 Å². The lowest BCUT2D eigenvalue weighted by Gasteiger charge is -2.13. The molecule has 4 heteroatoms. The number of carboxylic acid groups (broad SMARTS) is 1. The van der Waals surface area contributed by atoms with Crippen LogP contribution in [0.4, 0.5) is 0 Å². The Morgan fingerprint density at radius 3 is 2.61 bits per heavy atom. The first-order chi connectivity index (χ1) is 8.60. The zero-order valence-corrected chi connectivity index (χ0v) is 10.9. The van der Waals surface area contributed by atoms with Crippen molar-refractivity contribution in [2.24, 2.45) is 0 Å². The lowest BCUT2D eigenvalue weighted by atomic mass is 10.0. The van der Waals surface area contributed by atoms with E-state index in [2.05, 4.69) is 0 Å². The van der Waals surface area contributed by atoms with Gasteiger partial charge < -0.3 is 14.6 Å². The van der Waals surface area contributed by atoms with Crippen molar-refractivity contribution in [3.05, 3.63) is 35.4 Å². The van der Waals surface area contributed by atoms with Crippen LogP contribution in [-0.4, -0.2) is 25.3 Å². The van der Waals surface area contributed by atoms with Crippen LogP contribution in [-0.2, 0) is 11.2 Å². The van der Waals surface area contributed by atoms with Crippen LogP contribution in [0.1, 0.15) is 17.5 Å². The fourth-order valence-electron chi connectivity index (χ4n) is 1.85. The summed E-state index contributed by atoms with van der Waals surface area (Å²) in [5.74, 6) is 0.669. The number of allylic oxidation sites excluding steroid dienone is 1. The zero-order chi connectivity index (χ0) is 13.5. The summed E-state index contributed by atoms with van der Waals surface area (Å²) < 4.78 is 10.6. The van der Waals surface area contributed by atoms with Crippen molar-refractivity contribution in [2.45, 2.75) is 19.8 Å². The van der Waals surface area contributed by atoms with Gasteiger partial charge in [-0.05, 0) is 31.4 Å². The molecule has 0 aliphatic carbocycles. The lowest BCUT2D eigenvalue weighted by Crippen LogP contribution is -1.97. The monoisotopic (exact) mass is 250 g/mol. The molecule has 1 rings (SSSR count). The highest BCUT2D eigenvalue weighted by molar-refractivity contribution is 5.79. The van der Waals surface area contributed by atoms with E-state index in [4.69, 9.17) is 14.6 Å². The predicted octanol–water partition coefficient (Wildman–Crippen LogP) is 2.59. The van der Waals surface area contributed by atoms with E-state index in [-0.39, 0.29) is 0 Å². The molecule has 18 heavy (non-hydrogen) atoms. The topological polar surface area (TPSA) is 55.8 Å². The minimum atomic E-state index is -0.923. The van der Waals surface area contributed by atoms with Gasteiger partial charge in [0.05, 0.1) is 14.2 Å². The number of ether oxygens (including phenoxy) is 2. The van der Waals surface area contributed by atoms with Crippen molar-refractivity contribution in [3.8, 4) is 11.5 Å². The second-order valence-corrected chi connectivity index (χ2v) is 3.86. The number of rotatable bonds is 6. The highest BCUT2D eigenvalue weighted by atomic mass is 16.5. The third kappa shape index (κ3) is 3.52. The molecule has 0 aliphatic heterocycles. The number of hydrogen-bond donors (Lipinski definition) is 1. The summed E-state index contributed by atoms with van der Waals surface area (Å²) in [5, 5.41) is 8.50. The van der Waals surface area contributed by atoms with E-state index < -0.39 is 5.97 Å². The molecule has 0 fully saturated rings. The van der Waals surface area contributed by atoms with Gasteiger partial charge in [-0.1, -0.05) is 12.1 Å². The Morgan fingerprint density at radius 2 is 2.06 bits per heavy atom. The Kier molecular flexibility index (Phi) is 5.24. The molecule has 0 aromatic heterocycles. The second kappa shape index (κ2) is 6.69. The van der Waals surface area contributed by atoms with Crippen molar-refractivity contribution in [3.63, 3.8) is 0 Å². The molecule has 0 unspecified atom stereocenters. The van der Waals surface area contributed by atoms with Gasteiger partial charge in [0, 0.05) is 11.6 Å². The number of aliphatic carboxylic acids is 1. The summed E-state index contributed by atoms with van der Waals surface area (Å²) in [4.78, 5) is 10.3. The molecule has 1 N–H and O–H groups in total. The molecule has 0 saturated heterocycles. The maximum Gasteiger partial charge on any atom is 0.327 e. The first-order valence-electron chi connectivity index (χ1n) is 5.70. The molecule has 1 aromatic carbocycles. The lowest BCUT2D eigenvalue weighted by molar-refractivity contribution is -0.131. The number of methoxy groups -OCH3 is 2. The Hall–Kier alpha value is -1.97. The van der Waals surface area contributed by atoms with Crippen LogP contribution < -0.4 is 9.47 Å². The largest absolute Gasteiger partial charge is 0.496 e. The third-order valence-corrected chi connectivity index (χ3v) is 2.70. The van der Waals surface area contributed by atoms with Crippen molar-refractivity contribution in [1.82, 2.24) is 0 Å². The highest BCUT2D eigenvalue weighted by Gasteiger charge is 2.10. The molecular weight excluding hydrogens is 232 g/mol. The fourth-order valence-corrected chi connectivity index (χ4v) is 1.85. The van der Waals surface area contributed by atoms with Crippen molar-refractivity contribution in [1.29, 1.82) is 0 Å². The van der Waals surface area contributed by atoms with Gasteiger partial charge in [-0.15, -0.1) is 0 Å². The van der Waals surface area contributed by atoms with E-state index in [1.165, 1.54) is 0 Å². The molecule has 98 valence electrons. The molecule has 0 heterocycles. The minimum Gasteiger partial charge on any atom is -0.496 e. The molecule has 1 aromatic rings. The fraction of sp³-hybridized carbons (Fsp3) is 0.357. The molecular formula is C14H18O4. The molecule has 0 atom stereocenters. The van der Waals surface area contributed by atoms with Gasteiger partial charge >= 0.3 is 5.97 Å². The first kappa shape index (κ1) is 14.1. The standard InChI is InChI=1S/C14H18O4/c1-10-12(17-2)9-8-11(14(10)18-3)6-4-5-7-13(15)16/h5,7-9H,4,6H2,1-3H3,(H,15,16)/b7-5+. The SMILES string of the molecule is COc1ccc(CC/C=C/C(=O)O)c(OC)c1C. The molecule has 0 aliphatic rings. The summed E-state index contributed by atoms with van der Waals surface area (Å²) in [5.41, 5.74) is 2.01. The van der Waals surface area contributed by atoms with Crippen molar-refractivity contribution >= 4 is 5.97 Å². The van der Waals surface area contributed by atoms with Crippen LogP contribution >= 0.6 is 0 Å². The van der Waals surface area contributed by atoms with Crippen LogP contribution in [0.5, 0.6) is 11.5 Å². The number of aryl methyl sites for hydroxylation is 1. The smallest absolute Gasteiger partial charge is 0.327 e.